The molecule has 9 nitrogen and oxygen atoms in total. The number of rotatable bonds is 9. The van der Waals surface area contributed by atoms with E-state index in [1.165, 1.54) is 28.2 Å². The van der Waals surface area contributed by atoms with E-state index in [2.05, 4.69) is 15.5 Å². The highest BCUT2D eigenvalue weighted by molar-refractivity contribution is 7.99. The number of piperidine rings is 1. The second kappa shape index (κ2) is 9.80. The standard InChI is InChI=1S/C21H29N5O4S2/c1-3-30-18-10-9-16(32(28,29)26-11-5-4-6-12-26)13-17(18)22-19(27)14-31-21-24-23-20(25(21)2)15-7-8-15/h9-10,13,15H,3-8,11-12,14H2,1-2H3,(H,22,27). The number of benzene rings is 1. The topological polar surface area (TPSA) is 106 Å². The molecule has 2 fully saturated rings. The molecule has 0 atom stereocenters. The van der Waals surface area contributed by atoms with Gasteiger partial charge >= 0.3 is 0 Å². The minimum atomic E-state index is -3.61. The number of sulfonamides is 1. The largest absolute Gasteiger partial charge is 0.492 e. The van der Waals surface area contributed by atoms with Gasteiger partial charge in [-0.25, -0.2) is 8.42 Å². The molecule has 1 aliphatic heterocycles. The molecule has 2 heterocycles. The molecular formula is C21H29N5O4S2. The number of carbonyl (C=O) groups is 1. The molecule has 1 aromatic carbocycles. The highest BCUT2D eigenvalue weighted by Crippen LogP contribution is 2.39. The molecule has 0 unspecified atom stereocenters. The van der Waals surface area contributed by atoms with Crippen LogP contribution in [-0.2, 0) is 21.9 Å². The van der Waals surface area contributed by atoms with Crippen LogP contribution in [0.3, 0.4) is 0 Å². The van der Waals surface area contributed by atoms with Crippen LogP contribution in [-0.4, -0.2) is 58.8 Å². The van der Waals surface area contributed by atoms with E-state index in [1.54, 1.807) is 6.07 Å². The van der Waals surface area contributed by atoms with Crippen molar-refractivity contribution in [2.24, 2.45) is 7.05 Å². The van der Waals surface area contributed by atoms with Crippen molar-refractivity contribution < 1.29 is 17.9 Å². The third-order valence-corrected chi connectivity index (χ3v) is 8.54. The third kappa shape index (κ3) is 5.10. The molecule has 11 heteroatoms. The van der Waals surface area contributed by atoms with Gasteiger partial charge in [-0.3, -0.25) is 4.79 Å². The van der Waals surface area contributed by atoms with E-state index in [1.807, 2.05) is 18.5 Å². The fourth-order valence-electron chi connectivity index (χ4n) is 3.77. The van der Waals surface area contributed by atoms with Crippen LogP contribution in [0.25, 0.3) is 0 Å². The third-order valence-electron chi connectivity index (χ3n) is 5.62. The molecule has 174 valence electrons. The van der Waals surface area contributed by atoms with Gasteiger partial charge in [0.05, 0.1) is 22.9 Å². The first kappa shape index (κ1) is 23.1. The maximum atomic E-state index is 13.1. The molecule has 32 heavy (non-hydrogen) atoms. The molecule has 1 aromatic heterocycles. The van der Waals surface area contributed by atoms with Crippen LogP contribution in [0.2, 0.25) is 0 Å². The highest BCUT2D eigenvalue weighted by Gasteiger charge is 2.30. The summed E-state index contributed by atoms with van der Waals surface area (Å²) in [6.45, 7) is 3.28. The van der Waals surface area contributed by atoms with Crippen molar-refractivity contribution in [1.29, 1.82) is 0 Å². The molecule has 2 aliphatic rings. The summed E-state index contributed by atoms with van der Waals surface area (Å²) >= 11 is 1.30. The van der Waals surface area contributed by atoms with Crippen LogP contribution in [0.1, 0.15) is 50.8 Å². The van der Waals surface area contributed by atoms with Gasteiger partial charge in [-0.1, -0.05) is 18.2 Å². The van der Waals surface area contributed by atoms with Crippen molar-refractivity contribution in [3.05, 3.63) is 24.0 Å². The Morgan fingerprint density at radius 2 is 1.97 bits per heavy atom. The molecule has 1 saturated heterocycles. The predicted octanol–water partition coefficient (Wildman–Crippen LogP) is 3.00. The molecular weight excluding hydrogens is 450 g/mol. The van der Waals surface area contributed by atoms with Gasteiger partial charge < -0.3 is 14.6 Å². The van der Waals surface area contributed by atoms with Crippen molar-refractivity contribution in [3.63, 3.8) is 0 Å². The van der Waals surface area contributed by atoms with Gasteiger partial charge in [0.25, 0.3) is 0 Å². The quantitative estimate of drug-likeness (QED) is 0.551. The number of anilines is 1. The Hall–Kier alpha value is -2.11. The van der Waals surface area contributed by atoms with E-state index in [0.717, 1.165) is 37.9 Å². The lowest BCUT2D eigenvalue weighted by molar-refractivity contribution is -0.113. The number of hydrogen-bond donors (Lipinski definition) is 1. The normalized spacial score (nSPS) is 17.3. The molecule has 4 rings (SSSR count). The summed E-state index contributed by atoms with van der Waals surface area (Å²) in [7, 11) is -1.70. The Morgan fingerprint density at radius 3 is 2.66 bits per heavy atom. The summed E-state index contributed by atoms with van der Waals surface area (Å²) in [5.74, 6) is 1.75. The summed E-state index contributed by atoms with van der Waals surface area (Å²) < 4.78 is 35.2. The number of aromatic nitrogens is 3. The predicted molar refractivity (Wildman–Crippen MR) is 123 cm³/mol. The SMILES string of the molecule is CCOc1ccc(S(=O)(=O)N2CCCCC2)cc1NC(=O)CSc1nnc(C2CC2)n1C. The number of hydrogen-bond acceptors (Lipinski definition) is 7. The van der Waals surface area contributed by atoms with E-state index in [-0.39, 0.29) is 16.6 Å². The fourth-order valence-corrected chi connectivity index (χ4v) is 6.03. The van der Waals surface area contributed by atoms with E-state index >= 15 is 0 Å². The summed E-state index contributed by atoms with van der Waals surface area (Å²) in [5.41, 5.74) is 0.354. The second-order valence-corrected chi connectivity index (χ2v) is 10.9. The molecule has 1 amide bonds. The zero-order valence-corrected chi connectivity index (χ0v) is 20.0. The lowest BCUT2D eigenvalue weighted by Crippen LogP contribution is -2.35. The minimum Gasteiger partial charge on any atom is -0.492 e. The van der Waals surface area contributed by atoms with Gasteiger partial charge in [0.2, 0.25) is 15.9 Å². The van der Waals surface area contributed by atoms with Gasteiger partial charge in [0.1, 0.15) is 11.6 Å². The van der Waals surface area contributed by atoms with Gasteiger partial charge in [0.15, 0.2) is 5.16 Å². The van der Waals surface area contributed by atoms with Gasteiger partial charge in [0, 0.05) is 26.1 Å². The first-order chi connectivity index (χ1) is 15.4. The monoisotopic (exact) mass is 479 g/mol. The van der Waals surface area contributed by atoms with Crippen LogP contribution in [0.5, 0.6) is 5.75 Å². The van der Waals surface area contributed by atoms with Crippen LogP contribution in [0.4, 0.5) is 5.69 Å². The molecule has 0 radical (unpaired) electrons. The number of carbonyl (C=O) groups excluding carboxylic acids is 1. The number of nitrogens with zero attached hydrogens (tertiary/aromatic N) is 4. The van der Waals surface area contributed by atoms with Gasteiger partial charge in [-0.05, 0) is 50.8 Å². The first-order valence-corrected chi connectivity index (χ1v) is 13.4. The van der Waals surface area contributed by atoms with E-state index in [4.69, 9.17) is 4.74 Å². The lowest BCUT2D eigenvalue weighted by Gasteiger charge is -2.26. The Kier molecular flexibility index (Phi) is 7.06. The van der Waals surface area contributed by atoms with Crippen LogP contribution in [0, 0.1) is 0 Å². The average Bonchev–Trinajstić information content (AvgIpc) is 3.57. The maximum Gasteiger partial charge on any atom is 0.243 e. The molecule has 2 aromatic rings. The van der Waals surface area contributed by atoms with Crippen molar-refractivity contribution in [2.45, 2.75) is 55.0 Å². The maximum absolute atomic E-state index is 13.1. The van der Waals surface area contributed by atoms with Crippen molar-refractivity contribution in [2.75, 3.05) is 30.8 Å². The fraction of sp³-hybridized carbons (Fsp3) is 0.571. The Labute approximate surface area is 193 Å². The van der Waals surface area contributed by atoms with Crippen LogP contribution < -0.4 is 10.1 Å². The van der Waals surface area contributed by atoms with E-state index in [0.29, 0.717) is 42.2 Å². The van der Waals surface area contributed by atoms with Crippen LogP contribution >= 0.6 is 11.8 Å². The Balaban J connectivity index is 1.47. The minimum absolute atomic E-state index is 0.130. The number of ether oxygens (including phenoxy) is 1. The van der Waals surface area contributed by atoms with Gasteiger partial charge in [-0.2, -0.15) is 4.31 Å². The molecule has 1 saturated carbocycles. The molecule has 0 spiro atoms. The van der Waals surface area contributed by atoms with Gasteiger partial charge in [-0.15, -0.1) is 10.2 Å². The zero-order valence-electron chi connectivity index (χ0n) is 18.4. The van der Waals surface area contributed by atoms with Crippen molar-refractivity contribution >= 4 is 33.4 Å². The number of nitrogens with one attached hydrogen (secondary N) is 1. The average molecular weight is 480 g/mol. The highest BCUT2D eigenvalue weighted by atomic mass is 32.2. The molecule has 1 aliphatic carbocycles. The van der Waals surface area contributed by atoms with E-state index in [9.17, 15) is 13.2 Å². The van der Waals surface area contributed by atoms with Crippen molar-refractivity contribution in [1.82, 2.24) is 19.1 Å². The first-order valence-electron chi connectivity index (χ1n) is 11.0. The summed E-state index contributed by atoms with van der Waals surface area (Å²) in [4.78, 5) is 12.8. The second-order valence-electron chi connectivity index (χ2n) is 8.07. The van der Waals surface area contributed by atoms with E-state index < -0.39 is 10.0 Å². The smallest absolute Gasteiger partial charge is 0.243 e. The Bertz CT molecular complexity index is 1080. The molecule has 1 N–H and O–H groups in total. The number of thioether (sulfide) groups is 1. The zero-order chi connectivity index (χ0) is 22.7. The van der Waals surface area contributed by atoms with Crippen molar-refractivity contribution in [3.8, 4) is 5.75 Å². The lowest BCUT2D eigenvalue weighted by atomic mass is 10.2. The molecule has 0 bridgehead atoms. The Morgan fingerprint density at radius 1 is 1.22 bits per heavy atom. The summed E-state index contributed by atoms with van der Waals surface area (Å²) in [6, 6.07) is 4.64. The summed E-state index contributed by atoms with van der Waals surface area (Å²) in [6.07, 6.45) is 5.03. The summed E-state index contributed by atoms with van der Waals surface area (Å²) in [5, 5.41) is 11.9. The van der Waals surface area contributed by atoms with Crippen LogP contribution in [0.15, 0.2) is 28.3 Å². The number of amides is 1.